The van der Waals surface area contributed by atoms with Gasteiger partial charge in [-0.2, -0.15) is 4.98 Å². The van der Waals surface area contributed by atoms with Crippen LogP contribution < -0.4 is 0 Å². The molecule has 0 spiro atoms. The predicted octanol–water partition coefficient (Wildman–Crippen LogP) is 0.573. The van der Waals surface area contributed by atoms with Crippen molar-refractivity contribution in [2.75, 3.05) is 19.8 Å². The third-order valence-corrected chi connectivity index (χ3v) is 2.56. The fraction of sp³-hybridized carbons (Fsp3) is 0.800. The molecule has 5 nitrogen and oxygen atoms in total. The van der Waals surface area contributed by atoms with Crippen LogP contribution in [0.4, 0.5) is 0 Å². The molecule has 0 amide bonds. The van der Waals surface area contributed by atoms with E-state index in [1.54, 1.807) is 0 Å². The van der Waals surface area contributed by atoms with Gasteiger partial charge in [0.15, 0.2) is 5.82 Å². The van der Waals surface area contributed by atoms with Crippen molar-refractivity contribution in [3.8, 4) is 0 Å². The SMILES string of the molecule is OCCc1noc(CC2CCCOC2)n1. The van der Waals surface area contributed by atoms with Crippen molar-refractivity contribution < 1.29 is 14.4 Å². The van der Waals surface area contributed by atoms with E-state index in [1.165, 1.54) is 0 Å². The molecular weight excluding hydrogens is 196 g/mol. The Balaban J connectivity index is 1.86. The normalized spacial score (nSPS) is 21.8. The van der Waals surface area contributed by atoms with Crippen LogP contribution in [0.25, 0.3) is 0 Å². The van der Waals surface area contributed by atoms with Crippen LogP contribution in [0.5, 0.6) is 0 Å². The molecule has 1 aliphatic rings. The maximum atomic E-state index is 8.71. The van der Waals surface area contributed by atoms with Crippen LogP contribution >= 0.6 is 0 Å². The van der Waals surface area contributed by atoms with Gasteiger partial charge in [0.25, 0.3) is 0 Å². The Morgan fingerprint density at radius 1 is 1.47 bits per heavy atom. The van der Waals surface area contributed by atoms with Gasteiger partial charge in [0, 0.05) is 26.1 Å². The average molecular weight is 212 g/mol. The Labute approximate surface area is 88.4 Å². The predicted molar refractivity (Wildman–Crippen MR) is 52.3 cm³/mol. The molecule has 0 saturated carbocycles. The van der Waals surface area contributed by atoms with E-state index in [-0.39, 0.29) is 6.61 Å². The van der Waals surface area contributed by atoms with E-state index >= 15 is 0 Å². The highest BCUT2D eigenvalue weighted by Gasteiger charge is 2.17. The molecule has 1 fully saturated rings. The minimum absolute atomic E-state index is 0.0610. The maximum absolute atomic E-state index is 8.71. The van der Waals surface area contributed by atoms with Crippen LogP contribution in [0.3, 0.4) is 0 Å². The van der Waals surface area contributed by atoms with E-state index in [0.717, 1.165) is 32.5 Å². The van der Waals surface area contributed by atoms with Crippen molar-refractivity contribution in [3.63, 3.8) is 0 Å². The molecule has 1 N–H and O–H groups in total. The highest BCUT2D eigenvalue weighted by atomic mass is 16.5. The van der Waals surface area contributed by atoms with Crippen molar-refractivity contribution >= 4 is 0 Å². The number of ether oxygens (including phenoxy) is 1. The molecular formula is C10H16N2O3. The monoisotopic (exact) mass is 212 g/mol. The third-order valence-electron chi connectivity index (χ3n) is 2.56. The van der Waals surface area contributed by atoms with E-state index in [9.17, 15) is 0 Å². The largest absolute Gasteiger partial charge is 0.396 e. The molecule has 0 radical (unpaired) electrons. The topological polar surface area (TPSA) is 68.4 Å². The lowest BCUT2D eigenvalue weighted by molar-refractivity contribution is 0.0520. The molecule has 2 heterocycles. The summed E-state index contributed by atoms with van der Waals surface area (Å²) in [5.74, 6) is 1.75. The first-order valence-corrected chi connectivity index (χ1v) is 5.38. The highest BCUT2D eigenvalue weighted by molar-refractivity contribution is 4.88. The Morgan fingerprint density at radius 2 is 2.40 bits per heavy atom. The maximum Gasteiger partial charge on any atom is 0.227 e. The van der Waals surface area contributed by atoms with Crippen LogP contribution in [-0.4, -0.2) is 35.1 Å². The van der Waals surface area contributed by atoms with Crippen molar-refractivity contribution in [2.45, 2.75) is 25.7 Å². The van der Waals surface area contributed by atoms with Crippen molar-refractivity contribution in [3.05, 3.63) is 11.7 Å². The van der Waals surface area contributed by atoms with Gasteiger partial charge in [0.1, 0.15) is 0 Å². The van der Waals surface area contributed by atoms with Crippen LogP contribution in [-0.2, 0) is 17.6 Å². The Bertz CT molecular complexity index is 295. The summed E-state index contributed by atoms with van der Waals surface area (Å²) < 4.78 is 10.5. The van der Waals surface area contributed by atoms with Gasteiger partial charge in [0.2, 0.25) is 5.89 Å². The minimum atomic E-state index is 0.0610. The lowest BCUT2D eigenvalue weighted by atomic mass is 9.99. The van der Waals surface area contributed by atoms with Gasteiger partial charge in [-0.15, -0.1) is 0 Å². The van der Waals surface area contributed by atoms with Gasteiger partial charge in [-0.25, -0.2) is 0 Å². The number of hydrogen-bond acceptors (Lipinski definition) is 5. The second kappa shape index (κ2) is 5.23. The van der Waals surface area contributed by atoms with Crippen molar-refractivity contribution in [1.29, 1.82) is 0 Å². The number of aromatic nitrogens is 2. The molecule has 1 aromatic heterocycles. The zero-order valence-electron chi connectivity index (χ0n) is 8.69. The van der Waals surface area contributed by atoms with Gasteiger partial charge in [0.05, 0.1) is 6.61 Å². The second-order valence-corrected chi connectivity index (χ2v) is 3.87. The van der Waals surface area contributed by atoms with Gasteiger partial charge in [-0.3, -0.25) is 0 Å². The summed E-state index contributed by atoms with van der Waals surface area (Å²) in [6, 6.07) is 0. The summed E-state index contributed by atoms with van der Waals surface area (Å²) >= 11 is 0. The van der Waals surface area contributed by atoms with Crippen LogP contribution in [0.2, 0.25) is 0 Å². The average Bonchev–Trinajstić information content (AvgIpc) is 2.68. The second-order valence-electron chi connectivity index (χ2n) is 3.87. The van der Waals surface area contributed by atoms with Gasteiger partial charge < -0.3 is 14.4 Å². The molecule has 1 unspecified atom stereocenters. The number of hydrogen-bond donors (Lipinski definition) is 1. The smallest absolute Gasteiger partial charge is 0.227 e. The summed E-state index contributed by atoms with van der Waals surface area (Å²) in [7, 11) is 0. The molecule has 5 heteroatoms. The molecule has 0 aromatic carbocycles. The molecule has 2 rings (SSSR count). The van der Waals surface area contributed by atoms with Crippen LogP contribution in [0, 0.1) is 5.92 Å². The highest BCUT2D eigenvalue weighted by Crippen LogP contribution is 2.17. The summed E-state index contributed by atoms with van der Waals surface area (Å²) in [5, 5.41) is 12.5. The Morgan fingerprint density at radius 3 is 3.13 bits per heavy atom. The van der Waals surface area contributed by atoms with E-state index in [1.807, 2.05) is 0 Å². The molecule has 1 atom stereocenters. The van der Waals surface area contributed by atoms with E-state index in [4.69, 9.17) is 14.4 Å². The molecule has 1 saturated heterocycles. The first kappa shape index (κ1) is 10.6. The molecule has 0 aliphatic carbocycles. The van der Waals surface area contributed by atoms with Gasteiger partial charge in [-0.1, -0.05) is 5.16 Å². The zero-order chi connectivity index (χ0) is 10.5. The van der Waals surface area contributed by atoms with Crippen molar-refractivity contribution in [2.24, 2.45) is 5.92 Å². The quantitative estimate of drug-likeness (QED) is 0.790. The Kier molecular flexibility index (Phi) is 3.69. The summed E-state index contributed by atoms with van der Waals surface area (Å²) in [6.07, 6.45) is 3.53. The molecule has 84 valence electrons. The number of aliphatic hydroxyl groups excluding tert-OH is 1. The van der Waals surface area contributed by atoms with Crippen LogP contribution in [0.1, 0.15) is 24.6 Å². The third kappa shape index (κ3) is 3.00. The van der Waals surface area contributed by atoms with E-state index in [2.05, 4.69) is 10.1 Å². The zero-order valence-corrected chi connectivity index (χ0v) is 8.69. The molecule has 1 aliphatic heterocycles. The summed E-state index contributed by atoms with van der Waals surface area (Å²) in [6.45, 7) is 1.72. The lowest BCUT2D eigenvalue weighted by Crippen LogP contribution is -2.19. The van der Waals surface area contributed by atoms with Crippen molar-refractivity contribution in [1.82, 2.24) is 10.1 Å². The fourth-order valence-electron chi connectivity index (χ4n) is 1.79. The standard InChI is InChI=1S/C10H16N2O3/c13-4-3-9-11-10(15-12-9)6-8-2-1-5-14-7-8/h8,13H,1-7H2. The summed E-state index contributed by atoms with van der Waals surface area (Å²) in [5.41, 5.74) is 0. The molecule has 15 heavy (non-hydrogen) atoms. The number of nitrogens with zero attached hydrogens (tertiary/aromatic N) is 2. The number of aliphatic hydroxyl groups is 1. The van der Waals surface area contributed by atoms with Gasteiger partial charge in [-0.05, 0) is 18.8 Å². The van der Waals surface area contributed by atoms with E-state index in [0.29, 0.717) is 24.1 Å². The minimum Gasteiger partial charge on any atom is -0.396 e. The Hall–Kier alpha value is -0.940. The fourth-order valence-corrected chi connectivity index (χ4v) is 1.79. The first-order chi connectivity index (χ1) is 7.38. The first-order valence-electron chi connectivity index (χ1n) is 5.38. The van der Waals surface area contributed by atoms with E-state index < -0.39 is 0 Å². The lowest BCUT2D eigenvalue weighted by Gasteiger charge is -2.20. The summed E-state index contributed by atoms with van der Waals surface area (Å²) in [4.78, 5) is 4.20. The molecule has 1 aromatic rings. The van der Waals surface area contributed by atoms with Gasteiger partial charge >= 0.3 is 0 Å². The molecule has 0 bridgehead atoms. The van der Waals surface area contributed by atoms with Crippen LogP contribution in [0.15, 0.2) is 4.52 Å². The number of rotatable bonds is 4.